The molecule has 1 fully saturated rings. The van der Waals surface area contributed by atoms with E-state index in [1.165, 1.54) is 25.7 Å². The van der Waals surface area contributed by atoms with Crippen molar-refractivity contribution in [2.75, 3.05) is 20.2 Å². The molecule has 7 heteroatoms. The lowest BCUT2D eigenvalue weighted by atomic mass is 10.0. The summed E-state index contributed by atoms with van der Waals surface area (Å²) in [6.45, 7) is 5.69. The Morgan fingerprint density at radius 2 is 1.94 bits per heavy atom. The Bertz CT molecular complexity index is 885. The monoisotopic (exact) mass is 455 g/mol. The highest BCUT2D eigenvalue weighted by atomic mass is 16.5. The van der Waals surface area contributed by atoms with Crippen molar-refractivity contribution in [1.82, 2.24) is 15.4 Å². The maximum Gasteiger partial charge on any atom is 0.273 e. The van der Waals surface area contributed by atoms with Crippen LogP contribution in [0, 0.1) is 11.8 Å². The molecule has 1 aromatic heterocycles. The third kappa shape index (κ3) is 7.91. The van der Waals surface area contributed by atoms with E-state index < -0.39 is 0 Å². The summed E-state index contributed by atoms with van der Waals surface area (Å²) >= 11 is 0. The van der Waals surface area contributed by atoms with Crippen LogP contribution < -0.4 is 10.1 Å². The fourth-order valence-corrected chi connectivity index (χ4v) is 4.37. The molecule has 1 heterocycles. The predicted octanol–water partition coefficient (Wildman–Crippen LogP) is 4.61. The van der Waals surface area contributed by atoms with Crippen LogP contribution in [0.5, 0.6) is 5.75 Å². The lowest BCUT2D eigenvalue weighted by Crippen LogP contribution is -2.33. The van der Waals surface area contributed by atoms with Gasteiger partial charge in [0.2, 0.25) is 5.91 Å². The number of hydrogen-bond donors (Lipinski definition) is 1. The van der Waals surface area contributed by atoms with Gasteiger partial charge in [0.05, 0.1) is 13.7 Å². The summed E-state index contributed by atoms with van der Waals surface area (Å²) in [5, 5.41) is 6.80. The van der Waals surface area contributed by atoms with E-state index in [1.54, 1.807) is 13.2 Å². The van der Waals surface area contributed by atoms with Crippen LogP contribution in [0.15, 0.2) is 34.9 Å². The Morgan fingerprint density at radius 3 is 2.61 bits per heavy atom. The number of methoxy groups -OCH3 is 1. The minimum atomic E-state index is -0.276. The van der Waals surface area contributed by atoms with Gasteiger partial charge in [0.25, 0.3) is 5.91 Å². The van der Waals surface area contributed by atoms with E-state index in [4.69, 9.17) is 9.26 Å². The van der Waals surface area contributed by atoms with Gasteiger partial charge in [0, 0.05) is 25.6 Å². The summed E-state index contributed by atoms with van der Waals surface area (Å²) in [7, 11) is 1.63. The standard InChI is InChI=1S/C26H37N3O4/c1-19(2)17-29(25(30)13-10-20-6-4-5-7-20)18-23-16-24(28-33-23)26(31)27-15-14-21-8-11-22(32-3)12-9-21/h8-9,11-12,16,19-20H,4-7,10,13-15,17-18H2,1-3H3,(H,27,31). The van der Waals surface area contributed by atoms with Gasteiger partial charge >= 0.3 is 0 Å². The molecular formula is C26H37N3O4. The van der Waals surface area contributed by atoms with Gasteiger partial charge in [-0.05, 0) is 42.4 Å². The molecule has 0 bridgehead atoms. The number of nitrogens with zero attached hydrogens (tertiary/aromatic N) is 2. The van der Waals surface area contributed by atoms with Gasteiger partial charge in [0.1, 0.15) is 5.75 Å². The number of amides is 2. The second kappa shape index (κ2) is 12.4. The number of rotatable bonds is 12. The molecule has 1 aromatic carbocycles. The van der Waals surface area contributed by atoms with Crippen molar-refractivity contribution in [3.05, 3.63) is 47.3 Å². The first kappa shape index (κ1) is 24.8. The van der Waals surface area contributed by atoms with E-state index in [0.29, 0.717) is 50.1 Å². The van der Waals surface area contributed by atoms with Gasteiger partial charge in [0.15, 0.2) is 11.5 Å². The average molecular weight is 456 g/mol. The molecule has 0 spiro atoms. The first-order chi connectivity index (χ1) is 15.9. The van der Waals surface area contributed by atoms with Crippen LogP contribution in [0.3, 0.4) is 0 Å². The number of ether oxygens (including phenoxy) is 1. The molecule has 1 N–H and O–H groups in total. The van der Waals surface area contributed by atoms with Crippen LogP contribution in [0.1, 0.15) is 74.2 Å². The minimum absolute atomic E-state index is 0.150. The van der Waals surface area contributed by atoms with Crippen LogP contribution in [0.25, 0.3) is 0 Å². The second-order valence-corrected chi connectivity index (χ2v) is 9.39. The number of nitrogens with one attached hydrogen (secondary N) is 1. The molecule has 0 saturated heterocycles. The van der Waals surface area contributed by atoms with Crippen molar-refractivity contribution in [2.45, 2.75) is 65.3 Å². The van der Waals surface area contributed by atoms with Gasteiger partial charge in [-0.1, -0.05) is 56.8 Å². The van der Waals surface area contributed by atoms with Crippen molar-refractivity contribution < 1.29 is 18.8 Å². The fourth-order valence-electron chi connectivity index (χ4n) is 4.37. The Hall–Kier alpha value is -2.83. The molecule has 1 aliphatic rings. The van der Waals surface area contributed by atoms with E-state index in [-0.39, 0.29) is 17.5 Å². The van der Waals surface area contributed by atoms with E-state index in [1.807, 2.05) is 29.2 Å². The number of aromatic nitrogens is 1. The summed E-state index contributed by atoms with van der Waals surface area (Å²) in [6, 6.07) is 9.40. The SMILES string of the molecule is COc1ccc(CCNC(=O)c2cc(CN(CC(C)C)C(=O)CCC3CCCC3)on2)cc1. The van der Waals surface area contributed by atoms with Crippen LogP contribution in [-0.2, 0) is 17.8 Å². The molecular weight excluding hydrogens is 418 g/mol. The van der Waals surface area contributed by atoms with Crippen molar-refractivity contribution >= 4 is 11.8 Å². The van der Waals surface area contributed by atoms with Gasteiger partial charge in [-0.3, -0.25) is 9.59 Å². The van der Waals surface area contributed by atoms with Crippen molar-refractivity contribution in [3.8, 4) is 5.75 Å². The maximum atomic E-state index is 12.9. The summed E-state index contributed by atoms with van der Waals surface area (Å²) in [5.74, 6) is 2.25. The lowest BCUT2D eigenvalue weighted by Gasteiger charge is -2.24. The normalized spacial score (nSPS) is 13.9. The number of hydrogen-bond acceptors (Lipinski definition) is 5. The number of carbonyl (C=O) groups is 2. The average Bonchev–Trinajstić information content (AvgIpc) is 3.49. The number of carbonyl (C=O) groups excluding carboxylic acids is 2. The molecule has 2 amide bonds. The summed E-state index contributed by atoms with van der Waals surface area (Å²) in [5.41, 5.74) is 1.35. The Labute approximate surface area is 196 Å². The maximum absolute atomic E-state index is 12.9. The van der Waals surface area contributed by atoms with Gasteiger partial charge < -0.3 is 19.5 Å². The highest BCUT2D eigenvalue weighted by Crippen LogP contribution is 2.29. The Kier molecular flexibility index (Phi) is 9.34. The minimum Gasteiger partial charge on any atom is -0.497 e. The first-order valence-electron chi connectivity index (χ1n) is 12.1. The van der Waals surface area contributed by atoms with Gasteiger partial charge in [-0.15, -0.1) is 0 Å². The number of benzene rings is 1. The molecule has 180 valence electrons. The predicted molar refractivity (Wildman–Crippen MR) is 127 cm³/mol. The van der Waals surface area contributed by atoms with E-state index in [0.717, 1.165) is 17.7 Å². The van der Waals surface area contributed by atoms with E-state index >= 15 is 0 Å². The Morgan fingerprint density at radius 1 is 1.21 bits per heavy atom. The molecule has 33 heavy (non-hydrogen) atoms. The van der Waals surface area contributed by atoms with Crippen molar-refractivity contribution in [1.29, 1.82) is 0 Å². The molecule has 7 nitrogen and oxygen atoms in total. The van der Waals surface area contributed by atoms with Crippen molar-refractivity contribution in [2.24, 2.45) is 11.8 Å². The molecule has 3 rings (SSSR count). The summed E-state index contributed by atoms with van der Waals surface area (Å²) in [6.07, 6.45) is 7.32. The molecule has 0 atom stereocenters. The first-order valence-corrected chi connectivity index (χ1v) is 12.1. The van der Waals surface area contributed by atoms with Crippen LogP contribution >= 0.6 is 0 Å². The van der Waals surface area contributed by atoms with Crippen molar-refractivity contribution in [3.63, 3.8) is 0 Å². The Balaban J connectivity index is 1.49. The molecule has 1 saturated carbocycles. The quantitative estimate of drug-likeness (QED) is 0.505. The van der Waals surface area contributed by atoms with E-state index in [2.05, 4.69) is 24.3 Å². The highest BCUT2D eigenvalue weighted by molar-refractivity contribution is 5.92. The fraction of sp³-hybridized carbons (Fsp3) is 0.577. The topological polar surface area (TPSA) is 84.7 Å². The molecule has 0 aliphatic heterocycles. The zero-order chi connectivity index (χ0) is 23.6. The zero-order valence-corrected chi connectivity index (χ0v) is 20.1. The molecule has 0 radical (unpaired) electrons. The molecule has 0 unspecified atom stereocenters. The third-order valence-electron chi connectivity index (χ3n) is 6.18. The van der Waals surface area contributed by atoms with Crippen LogP contribution in [-0.4, -0.2) is 42.1 Å². The lowest BCUT2D eigenvalue weighted by molar-refractivity contribution is -0.133. The zero-order valence-electron chi connectivity index (χ0n) is 20.1. The van der Waals surface area contributed by atoms with Crippen LogP contribution in [0.2, 0.25) is 0 Å². The summed E-state index contributed by atoms with van der Waals surface area (Å²) < 4.78 is 10.6. The highest BCUT2D eigenvalue weighted by Gasteiger charge is 2.22. The largest absolute Gasteiger partial charge is 0.497 e. The molecule has 1 aliphatic carbocycles. The summed E-state index contributed by atoms with van der Waals surface area (Å²) in [4.78, 5) is 27.2. The third-order valence-corrected chi connectivity index (χ3v) is 6.18. The van der Waals surface area contributed by atoms with Crippen LogP contribution in [0.4, 0.5) is 0 Å². The van der Waals surface area contributed by atoms with Gasteiger partial charge in [-0.25, -0.2) is 0 Å². The molecule has 2 aromatic rings. The van der Waals surface area contributed by atoms with E-state index in [9.17, 15) is 9.59 Å². The van der Waals surface area contributed by atoms with Gasteiger partial charge in [-0.2, -0.15) is 0 Å². The smallest absolute Gasteiger partial charge is 0.273 e. The second-order valence-electron chi connectivity index (χ2n) is 9.39.